The zero-order chi connectivity index (χ0) is 13.3. The average Bonchev–Trinajstić information content (AvgIpc) is 2.40. The van der Waals surface area contributed by atoms with E-state index >= 15 is 0 Å². The summed E-state index contributed by atoms with van der Waals surface area (Å²) < 4.78 is 6.59. The first kappa shape index (κ1) is 12.6. The molecule has 2 rings (SSSR count). The number of pyridine rings is 1. The van der Waals surface area contributed by atoms with Gasteiger partial charge in [-0.2, -0.15) is 0 Å². The number of para-hydroxylation sites is 1. The number of hydrogen-bond donors (Lipinski definition) is 0. The zero-order valence-electron chi connectivity index (χ0n) is 10.1. The molecule has 0 aliphatic carbocycles. The molecule has 0 radical (unpaired) electrons. The van der Waals surface area contributed by atoms with Crippen molar-refractivity contribution in [2.75, 3.05) is 0 Å². The van der Waals surface area contributed by atoms with Gasteiger partial charge in [0.15, 0.2) is 5.75 Å². The van der Waals surface area contributed by atoms with Gasteiger partial charge < -0.3 is 9.30 Å². The lowest BCUT2D eigenvalue weighted by atomic mass is 10.2. The summed E-state index contributed by atoms with van der Waals surface area (Å²) in [5.41, 5.74) is 0.292. The lowest BCUT2D eigenvalue weighted by molar-refractivity contribution is -0.133. The first-order valence-electron chi connectivity index (χ1n) is 5.54. The van der Waals surface area contributed by atoms with Crippen LogP contribution in [0, 0.1) is 0 Å². The highest BCUT2D eigenvalue weighted by molar-refractivity contribution is 6.33. The first-order valence-corrected chi connectivity index (χ1v) is 5.92. The maximum Gasteiger partial charge on any atom is 0.310 e. The topological polar surface area (TPSA) is 48.3 Å². The highest BCUT2D eigenvalue weighted by Crippen LogP contribution is 2.30. The number of halogens is 1. The molecule has 1 heterocycles. The van der Waals surface area contributed by atoms with E-state index in [1.54, 1.807) is 38.2 Å². The first-order chi connectivity index (χ1) is 8.56. The van der Waals surface area contributed by atoms with Crippen molar-refractivity contribution in [3.8, 4) is 5.75 Å². The van der Waals surface area contributed by atoms with Crippen LogP contribution < -0.4 is 10.3 Å². The van der Waals surface area contributed by atoms with Crippen molar-refractivity contribution in [2.45, 2.75) is 13.3 Å². The van der Waals surface area contributed by atoms with E-state index in [1.807, 2.05) is 0 Å². The third-order valence-electron chi connectivity index (χ3n) is 2.71. The molecule has 18 heavy (non-hydrogen) atoms. The Labute approximate surface area is 109 Å². The van der Waals surface area contributed by atoms with Gasteiger partial charge in [0.1, 0.15) is 5.02 Å². The van der Waals surface area contributed by atoms with E-state index in [0.717, 1.165) is 0 Å². The van der Waals surface area contributed by atoms with Gasteiger partial charge in [0.05, 0.1) is 5.52 Å². The number of carbonyl (C=O) groups excluding carboxylic acids is 1. The second-order valence-electron chi connectivity index (χ2n) is 3.85. The van der Waals surface area contributed by atoms with Crippen LogP contribution in [0.5, 0.6) is 5.75 Å². The van der Waals surface area contributed by atoms with Crippen LogP contribution in [-0.2, 0) is 11.8 Å². The molecule has 1 aromatic carbocycles. The van der Waals surface area contributed by atoms with Crippen molar-refractivity contribution in [3.63, 3.8) is 0 Å². The fraction of sp³-hybridized carbons (Fsp3) is 0.231. The Hall–Kier alpha value is -1.81. The molecule has 0 unspecified atom stereocenters. The highest BCUT2D eigenvalue weighted by atomic mass is 35.5. The van der Waals surface area contributed by atoms with E-state index in [-0.39, 0.29) is 22.8 Å². The highest BCUT2D eigenvalue weighted by Gasteiger charge is 2.16. The van der Waals surface area contributed by atoms with Gasteiger partial charge in [-0.05, 0) is 12.1 Å². The summed E-state index contributed by atoms with van der Waals surface area (Å²) in [4.78, 5) is 23.3. The Morgan fingerprint density at radius 2 is 2.06 bits per heavy atom. The molecule has 0 fully saturated rings. The smallest absolute Gasteiger partial charge is 0.310 e. The summed E-state index contributed by atoms with van der Waals surface area (Å²) in [6, 6.07) is 7.14. The van der Waals surface area contributed by atoms with Crippen LogP contribution in [0.3, 0.4) is 0 Å². The molecular weight excluding hydrogens is 254 g/mol. The van der Waals surface area contributed by atoms with E-state index in [4.69, 9.17) is 16.3 Å². The maximum atomic E-state index is 11.9. The molecule has 0 spiro atoms. The molecule has 0 N–H and O–H groups in total. The van der Waals surface area contributed by atoms with Crippen LogP contribution in [-0.4, -0.2) is 10.5 Å². The number of benzene rings is 1. The number of aromatic nitrogens is 1. The number of carbonyl (C=O) groups is 1. The van der Waals surface area contributed by atoms with E-state index in [2.05, 4.69) is 0 Å². The number of nitrogens with zero attached hydrogens (tertiary/aromatic N) is 1. The zero-order valence-corrected chi connectivity index (χ0v) is 10.8. The number of esters is 1. The monoisotopic (exact) mass is 265 g/mol. The predicted octanol–water partition coefficient (Wildman–Crippen LogP) is 2.51. The molecule has 2 aromatic rings. The predicted molar refractivity (Wildman–Crippen MR) is 70.1 cm³/mol. The van der Waals surface area contributed by atoms with Crippen LogP contribution >= 0.6 is 11.6 Å². The minimum absolute atomic E-state index is 0.0713. The summed E-state index contributed by atoms with van der Waals surface area (Å²) in [6.45, 7) is 1.68. The van der Waals surface area contributed by atoms with Crippen molar-refractivity contribution >= 4 is 28.5 Å². The third-order valence-corrected chi connectivity index (χ3v) is 3.04. The van der Waals surface area contributed by atoms with Gasteiger partial charge in [-0.25, -0.2) is 0 Å². The lowest BCUT2D eigenvalue weighted by Gasteiger charge is -2.11. The minimum atomic E-state index is -0.421. The van der Waals surface area contributed by atoms with Crippen molar-refractivity contribution in [3.05, 3.63) is 39.6 Å². The molecule has 0 bridgehead atoms. The van der Waals surface area contributed by atoms with Crippen molar-refractivity contribution in [1.82, 2.24) is 4.57 Å². The summed E-state index contributed by atoms with van der Waals surface area (Å²) in [5, 5.41) is 0.574. The number of ether oxygens (including phenoxy) is 1. The van der Waals surface area contributed by atoms with E-state index in [0.29, 0.717) is 10.9 Å². The Bertz CT molecular complexity index is 676. The van der Waals surface area contributed by atoms with Gasteiger partial charge in [0, 0.05) is 18.9 Å². The fourth-order valence-corrected chi connectivity index (χ4v) is 1.98. The van der Waals surface area contributed by atoms with Gasteiger partial charge >= 0.3 is 5.97 Å². The summed E-state index contributed by atoms with van der Waals surface area (Å²) in [7, 11) is 1.63. The molecular formula is C13H12ClNO3. The number of aryl methyl sites for hydroxylation is 1. The quantitative estimate of drug-likeness (QED) is 0.784. The van der Waals surface area contributed by atoms with Gasteiger partial charge in [0.25, 0.3) is 5.56 Å². The second kappa shape index (κ2) is 4.82. The van der Waals surface area contributed by atoms with Crippen LogP contribution in [0.1, 0.15) is 13.3 Å². The van der Waals surface area contributed by atoms with Crippen molar-refractivity contribution in [2.24, 2.45) is 7.05 Å². The molecule has 1 aromatic heterocycles. The van der Waals surface area contributed by atoms with Gasteiger partial charge in [-0.1, -0.05) is 30.7 Å². The molecule has 0 aliphatic heterocycles. The molecule has 0 atom stereocenters. The van der Waals surface area contributed by atoms with Gasteiger partial charge in [-0.3, -0.25) is 9.59 Å². The molecule has 5 heteroatoms. The number of fused-ring (bicyclic) bond motifs is 1. The standard InChI is InChI=1S/C13H12ClNO3/c1-3-10(16)18-12-8-6-4-5-7-9(8)15(2)13(17)11(12)14/h4-7H,3H2,1-2H3. The van der Waals surface area contributed by atoms with Gasteiger partial charge in [-0.15, -0.1) is 0 Å². The molecule has 0 saturated carbocycles. The SMILES string of the molecule is CCC(=O)Oc1c(Cl)c(=O)n(C)c2ccccc12. The normalized spacial score (nSPS) is 10.6. The lowest BCUT2D eigenvalue weighted by Crippen LogP contribution is -2.19. The Morgan fingerprint density at radius 1 is 1.39 bits per heavy atom. The number of rotatable bonds is 2. The third kappa shape index (κ3) is 1.99. The van der Waals surface area contributed by atoms with E-state index in [9.17, 15) is 9.59 Å². The minimum Gasteiger partial charge on any atom is -0.424 e. The van der Waals surface area contributed by atoms with Crippen LogP contribution in [0.2, 0.25) is 5.02 Å². The van der Waals surface area contributed by atoms with E-state index < -0.39 is 5.97 Å². The summed E-state index contributed by atoms with van der Waals surface area (Å²) in [5.74, 6) is -0.280. The van der Waals surface area contributed by atoms with Gasteiger partial charge in [0.2, 0.25) is 0 Å². The molecule has 0 saturated heterocycles. The van der Waals surface area contributed by atoms with Crippen LogP contribution in [0.4, 0.5) is 0 Å². The molecule has 0 aliphatic rings. The van der Waals surface area contributed by atoms with Crippen LogP contribution in [0.15, 0.2) is 29.1 Å². The summed E-state index contributed by atoms with van der Waals surface area (Å²) in [6.07, 6.45) is 0.222. The molecule has 0 amide bonds. The van der Waals surface area contributed by atoms with Crippen molar-refractivity contribution < 1.29 is 9.53 Å². The average molecular weight is 266 g/mol. The largest absolute Gasteiger partial charge is 0.424 e. The Balaban J connectivity index is 2.79. The fourth-order valence-electron chi connectivity index (χ4n) is 1.72. The molecule has 4 nitrogen and oxygen atoms in total. The number of hydrogen-bond acceptors (Lipinski definition) is 3. The van der Waals surface area contributed by atoms with Crippen LogP contribution in [0.25, 0.3) is 10.9 Å². The molecule has 94 valence electrons. The second-order valence-corrected chi connectivity index (χ2v) is 4.23. The Morgan fingerprint density at radius 3 is 2.72 bits per heavy atom. The van der Waals surface area contributed by atoms with Crippen molar-refractivity contribution in [1.29, 1.82) is 0 Å². The summed E-state index contributed by atoms with van der Waals surface area (Å²) >= 11 is 5.97. The maximum absolute atomic E-state index is 11.9. The Kier molecular flexibility index (Phi) is 3.39. The van der Waals surface area contributed by atoms with E-state index in [1.165, 1.54) is 4.57 Å².